The highest BCUT2D eigenvalue weighted by molar-refractivity contribution is 7.18. The highest BCUT2D eigenvalue weighted by Gasteiger charge is 2.02. The monoisotopic (exact) mass is 298 g/mol. The Morgan fingerprint density at radius 2 is 1.95 bits per heavy atom. The molecule has 0 aliphatic carbocycles. The average molecular weight is 298 g/mol. The highest BCUT2D eigenvalue weighted by Crippen LogP contribution is 2.21. The number of nitrogens with zero attached hydrogens (tertiary/aromatic N) is 2. The number of methoxy groups -OCH3 is 1. The summed E-state index contributed by atoms with van der Waals surface area (Å²) in [6, 6.07) is 15.6. The Balaban J connectivity index is 1.58. The van der Waals surface area contributed by atoms with Crippen LogP contribution in [0.15, 0.2) is 53.7 Å². The van der Waals surface area contributed by atoms with Gasteiger partial charge in [0.2, 0.25) is 0 Å². The first kappa shape index (κ1) is 13.6. The molecule has 0 aliphatic heterocycles. The quantitative estimate of drug-likeness (QED) is 0.531. The molecule has 0 N–H and O–H groups in total. The smallest absolute Gasteiger partial charge is 0.168 e. The van der Waals surface area contributed by atoms with E-state index in [4.69, 9.17) is 9.57 Å². The number of oxime groups is 1. The molecule has 0 bridgehead atoms. The van der Waals surface area contributed by atoms with Gasteiger partial charge in [0.1, 0.15) is 10.8 Å². The Labute approximate surface area is 126 Å². The third kappa shape index (κ3) is 3.38. The number of hydrogen-bond acceptors (Lipinski definition) is 5. The summed E-state index contributed by atoms with van der Waals surface area (Å²) in [5.41, 5.74) is 1.96. The summed E-state index contributed by atoms with van der Waals surface area (Å²) in [4.78, 5) is 9.78. The van der Waals surface area contributed by atoms with Gasteiger partial charge in [-0.25, -0.2) is 4.98 Å². The topological polar surface area (TPSA) is 43.7 Å². The second-order valence-electron chi connectivity index (χ2n) is 4.36. The van der Waals surface area contributed by atoms with E-state index in [1.165, 1.54) is 0 Å². The number of benzene rings is 2. The standard InChI is InChI=1S/C16H14N2O2S/c1-19-13-8-6-12(7-9-13)10-17-20-11-16-18-14-4-2-3-5-15(14)21-16/h2-10H,11H2,1H3/b17-10-. The van der Waals surface area contributed by atoms with Crippen molar-refractivity contribution >= 4 is 27.8 Å². The number of ether oxygens (including phenoxy) is 1. The van der Waals surface area contributed by atoms with Crippen LogP contribution in [0.25, 0.3) is 10.2 Å². The van der Waals surface area contributed by atoms with Gasteiger partial charge < -0.3 is 9.57 Å². The van der Waals surface area contributed by atoms with Crippen LogP contribution in [-0.2, 0) is 11.4 Å². The summed E-state index contributed by atoms with van der Waals surface area (Å²) in [5, 5.41) is 4.88. The minimum absolute atomic E-state index is 0.381. The van der Waals surface area contributed by atoms with Gasteiger partial charge in [-0.1, -0.05) is 17.3 Å². The lowest BCUT2D eigenvalue weighted by atomic mass is 10.2. The highest BCUT2D eigenvalue weighted by atomic mass is 32.1. The second-order valence-corrected chi connectivity index (χ2v) is 5.47. The van der Waals surface area contributed by atoms with Crippen molar-refractivity contribution in [1.82, 2.24) is 4.98 Å². The third-order valence-corrected chi connectivity index (χ3v) is 3.93. The van der Waals surface area contributed by atoms with Crippen molar-refractivity contribution in [3.8, 4) is 5.75 Å². The summed E-state index contributed by atoms with van der Waals surface area (Å²) >= 11 is 1.62. The molecule has 0 spiro atoms. The molecule has 2 aromatic carbocycles. The van der Waals surface area contributed by atoms with Crippen molar-refractivity contribution in [2.75, 3.05) is 7.11 Å². The van der Waals surface area contributed by atoms with E-state index in [9.17, 15) is 0 Å². The molecule has 106 valence electrons. The zero-order valence-electron chi connectivity index (χ0n) is 11.5. The van der Waals surface area contributed by atoms with Gasteiger partial charge in [0.15, 0.2) is 6.61 Å². The Morgan fingerprint density at radius 1 is 1.14 bits per heavy atom. The van der Waals surface area contributed by atoms with Crippen molar-refractivity contribution in [2.24, 2.45) is 5.16 Å². The van der Waals surface area contributed by atoms with Crippen molar-refractivity contribution in [3.05, 3.63) is 59.1 Å². The molecule has 21 heavy (non-hydrogen) atoms. The molecule has 3 aromatic rings. The summed E-state index contributed by atoms with van der Waals surface area (Å²) in [5.74, 6) is 0.822. The molecular weight excluding hydrogens is 284 g/mol. The first-order valence-electron chi connectivity index (χ1n) is 6.49. The van der Waals surface area contributed by atoms with Crippen LogP contribution in [0.3, 0.4) is 0 Å². The van der Waals surface area contributed by atoms with Crippen LogP contribution in [0.1, 0.15) is 10.6 Å². The van der Waals surface area contributed by atoms with Crippen LogP contribution >= 0.6 is 11.3 Å². The second kappa shape index (κ2) is 6.37. The van der Waals surface area contributed by atoms with Crippen molar-refractivity contribution in [3.63, 3.8) is 0 Å². The van der Waals surface area contributed by atoms with Gasteiger partial charge in [-0.2, -0.15) is 0 Å². The molecule has 3 rings (SSSR count). The molecular formula is C16H14N2O2S. The summed E-state index contributed by atoms with van der Waals surface area (Å²) < 4.78 is 6.26. The fourth-order valence-electron chi connectivity index (χ4n) is 1.86. The maximum Gasteiger partial charge on any atom is 0.168 e. The Hall–Kier alpha value is -2.40. The molecule has 5 heteroatoms. The number of aromatic nitrogens is 1. The van der Waals surface area contributed by atoms with Crippen LogP contribution in [0.5, 0.6) is 5.75 Å². The molecule has 0 saturated carbocycles. The minimum Gasteiger partial charge on any atom is -0.497 e. The molecule has 0 amide bonds. The molecule has 1 heterocycles. The van der Waals surface area contributed by atoms with Crippen LogP contribution < -0.4 is 4.74 Å². The number of rotatable bonds is 5. The summed E-state index contributed by atoms with van der Waals surface area (Å²) in [6.07, 6.45) is 1.67. The normalized spacial score (nSPS) is 11.1. The molecule has 4 nitrogen and oxygen atoms in total. The van der Waals surface area contributed by atoms with E-state index in [0.29, 0.717) is 6.61 Å². The number of hydrogen-bond donors (Lipinski definition) is 0. The third-order valence-electron chi connectivity index (χ3n) is 2.92. The average Bonchev–Trinajstić information content (AvgIpc) is 2.95. The van der Waals surface area contributed by atoms with Gasteiger partial charge in [0, 0.05) is 0 Å². The number of thiazole rings is 1. The Morgan fingerprint density at radius 3 is 2.71 bits per heavy atom. The molecule has 0 radical (unpaired) electrons. The van der Waals surface area contributed by atoms with Crippen LogP contribution in [0.4, 0.5) is 0 Å². The van der Waals surface area contributed by atoms with Crippen LogP contribution in [-0.4, -0.2) is 18.3 Å². The lowest BCUT2D eigenvalue weighted by Crippen LogP contribution is -1.88. The van der Waals surface area contributed by atoms with E-state index in [2.05, 4.69) is 16.2 Å². The molecule has 0 saturated heterocycles. The Bertz CT molecular complexity index is 717. The van der Waals surface area contributed by atoms with Crippen molar-refractivity contribution in [2.45, 2.75) is 6.61 Å². The SMILES string of the molecule is COc1ccc(/C=N\OCc2nc3ccccc3s2)cc1. The van der Waals surface area contributed by atoms with Gasteiger partial charge in [0.25, 0.3) is 0 Å². The van der Waals surface area contributed by atoms with E-state index in [-0.39, 0.29) is 0 Å². The maximum atomic E-state index is 5.30. The van der Waals surface area contributed by atoms with Gasteiger partial charge in [0.05, 0.1) is 23.5 Å². The fraction of sp³-hybridized carbons (Fsp3) is 0.125. The summed E-state index contributed by atoms with van der Waals surface area (Å²) in [7, 11) is 1.64. The molecule has 0 fully saturated rings. The van der Waals surface area contributed by atoms with Gasteiger partial charge in [-0.3, -0.25) is 0 Å². The number of para-hydroxylation sites is 1. The predicted octanol–water partition coefficient (Wildman–Crippen LogP) is 3.86. The van der Waals surface area contributed by atoms with Crippen molar-refractivity contribution < 1.29 is 9.57 Å². The van der Waals surface area contributed by atoms with Crippen LogP contribution in [0.2, 0.25) is 0 Å². The van der Waals surface area contributed by atoms with E-state index in [1.54, 1.807) is 24.7 Å². The van der Waals surface area contributed by atoms with E-state index < -0.39 is 0 Å². The Kier molecular flexibility index (Phi) is 4.12. The largest absolute Gasteiger partial charge is 0.497 e. The molecule has 1 aromatic heterocycles. The summed E-state index contributed by atoms with van der Waals surface area (Å²) in [6.45, 7) is 0.381. The zero-order valence-corrected chi connectivity index (χ0v) is 12.3. The van der Waals surface area contributed by atoms with Gasteiger partial charge in [-0.05, 0) is 42.0 Å². The lowest BCUT2D eigenvalue weighted by molar-refractivity contribution is 0.132. The van der Waals surface area contributed by atoms with Gasteiger partial charge >= 0.3 is 0 Å². The van der Waals surface area contributed by atoms with E-state index in [1.807, 2.05) is 42.5 Å². The number of fused-ring (bicyclic) bond motifs is 1. The fourth-order valence-corrected chi connectivity index (χ4v) is 2.74. The minimum atomic E-state index is 0.381. The maximum absolute atomic E-state index is 5.30. The van der Waals surface area contributed by atoms with Crippen molar-refractivity contribution in [1.29, 1.82) is 0 Å². The van der Waals surface area contributed by atoms with E-state index >= 15 is 0 Å². The molecule has 0 aliphatic rings. The lowest BCUT2D eigenvalue weighted by Gasteiger charge is -1.98. The van der Waals surface area contributed by atoms with Gasteiger partial charge in [-0.15, -0.1) is 11.3 Å². The molecule has 0 atom stereocenters. The molecule has 0 unspecified atom stereocenters. The van der Waals surface area contributed by atoms with E-state index in [0.717, 1.165) is 26.5 Å². The first-order valence-corrected chi connectivity index (χ1v) is 7.30. The first-order chi connectivity index (χ1) is 10.3. The predicted molar refractivity (Wildman–Crippen MR) is 85.0 cm³/mol. The zero-order chi connectivity index (χ0) is 14.5. The van der Waals surface area contributed by atoms with Crippen LogP contribution in [0, 0.1) is 0 Å².